The molecule has 0 saturated heterocycles. The summed E-state index contributed by atoms with van der Waals surface area (Å²) in [6, 6.07) is 46.6. The van der Waals surface area contributed by atoms with E-state index in [1.54, 1.807) is 18.2 Å². The largest absolute Gasteiger partial charge is 0.339 e. The first-order valence-electron chi connectivity index (χ1n) is 13.7. The van der Waals surface area contributed by atoms with E-state index < -0.39 is 21.3 Å². The minimum Gasteiger partial charge on any atom is -0.339 e. The molecule has 4 nitrogen and oxygen atoms in total. The first-order chi connectivity index (χ1) is 21.2. The van der Waals surface area contributed by atoms with Gasteiger partial charge in [-0.15, -0.1) is 0 Å². The van der Waals surface area contributed by atoms with Crippen molar-refractivity contribution in [3.05, 3.63) is 171 Å². The normalized spacial score (nSPS) is 12.2. The molecule has 0 saturated carbocycles. The molecule has 0 bridgehead atoms. The maximum absolute atomic E-state index is 12.9. The zero-order chi connectivity index (χ0) is 31.2. The number of halogens is 4. The molecule has 222 valence electrons. The Hall–Kier alpha value is -3.14. The Balaban J connectivity index is 1.43. The molecule has 0 fully saturated rings. The molecule has 0 aliphatic heterocycles. The van der Waals surface area contributed by atoms with Crippen LogP contribution in [0.5, 0.6) is 0 Å². The highest BCUT2D eigenvalue weighted by Crippen LogP contribution is 2.45. The molecule has 0 unspecified atom stereocenters. The van der Waals surface area contributed by atoms with Crippen LogP contribution in [0.25, 0.3) is 0 Å². The van der Waals surface area contributed by atoms with Gasteiger partial charge in [-0.1, -0.05) is 144 Å². The third-order valence-corrected chi connectivity index (χ3v) is 8.71. The second-order valence-electron chi connectivity index (χ2n) is 9.98. The van der Waals surface area contributed by atoms with Crippen molar-refractivity contribution in [1.29, 1.82) is 0 Å². The Bertz CT molecular complexity index is 1620. The number of hydrogen-bond donors (Lipinski definition) is 3. The van der Waals surface area contributed by atoms with Gasteiger partial charge in [-0.05, 0) is 87.4 Å². The number of alkyl halides is 3. The van der Waals surface area contributed by atoms with Crippen LogP contribution in [0.15, 0.2) is 140 Å². The monoisotopic (exact) mass is 769 g/mol. The van der Waals surface area contributed by atoms with E-state index in [1.165, 1.54) is 0 Å². The summed E-state index contributed by atoms with van der Waals surface area (Å²) in [6.45, 7) is 0. The Morgan fingerprint density at radius 2 is 1.11 bits per heavy atom. The predicted molar refractivity (Wildman–Crippen MR) is 195 cm³/mol. The molecule has 0 aromatic heterocycles. The van der Waals surface area contributed by atoms with Crippen LogP contribution in [-0.2, 0) is 5.41 Å². The number of rotatable bonds is 8. The first-order valence-corrected chi connectivity index (χ1v) is 16.3. The number of carbonyl (C=O) groups excluding carboxylic acids is 1. The van der Waals surface area contributed by atoms with Crippen molar-refractivity contribution < 1.29 is 4.79 Å². The summed E-state index contributed by atoms with van der Waals surface area (Å²) in [4.78, 5) is 12.9. The lowest BCUT2D eigenvalue weighted by Crippen LogP contribution is -2.56. The predicted octanol–water partition coefficient (Wildman–Crippen LogP) is 9.09. The molecule has 0 aliphatic carbocycles. The topological polar surface area (TPSA) is 53.2 Å². The fraction of sp³-hybridized carbons (Fsp3) is 0.0857. The van der Waals surface area contributed by atoms with Crippen molar-refractivity contribution in [2.75, 3.05) is 5.32 Å². The van der Waals surface area contributed by atoms with Gasteiger partial charge in [0.2, 0.25) is 3.79 Å². The summed E-state index contributed by atoms with van der Waals surface area (Å²) in [5.74, 6) is -0.404. The van der Waals surface area contributed by atoms with Gasteiger partial charge in [-0.2, -0.15) is 0 Å². The van der Waals surface area contributed by atoms with Gasteiger partial charge < -0.3 is 16.0 Å². The minimum absolute atomic E-state index is 0.178. The number of carbonyl (C=O) groups is 1. The van der Waals surface area contributed by atoms with Gasteiger partial charge in [0.1, 0.15) is 6.17 Å². The molecule has 9 heteroatoms. The summed E-state index contributed by atoms with van der Waals surface area (Å²) < 4.78 is -0.974. The molecule has 0 heterocycles. The Morgan fingerprint density at radius 1 is 0.636 bits per heavy atom. The summed E-state index contributed by atoms with van der Waals surface area (Å²) in [6.07, 6.45) is -1.10. The average molecular weight is 771 g/mol. The van der Waals surface area contributed by atoms with Crippen LogP contribution in [0, 0.1) is 3.57 Å². The lowest BCUT2D eigenvalue weighted by molar-refractivity contribution is 0.0934. The zero-order valence-corrected chi connectivity index (χ0v) is 28.4. The van der Waals surface area contributed by atoms with Crippen molar-refractivity contribution >= 4 is 86.3 Å². The van der Waals surface area contributed by atoms with E-state index in [9.17, 15) is 4.79 Å². The van der Waals surface area contributed by atoms with E-state index >= 15 is 0 Å². The highest BCUT2D eigenvalue weighted by atomic mass is 127. The molecular formula is C35H27Cl3IN3OS. The quantitative estimate of drug-likeness (QED) is 0.0485. The van der Waals surface area contributed by atoms with Crippen LogP contribution in [0.4, 0.5) is 5.69 Å². The lowest BCUT2D eigenvalue weighted by atomic mass is 9.65. The third-order valence-electron chi connectivity index (χ3n) is 7.16. The van der Waals surface area contributed by atoms with Crippen LogP contribution < -0.4 is 16.0 Å². The van der Waals surface area contributed by atoms with E-state index in [1.807, 2.05) is 36.4 Å². The summed E-state index contributed by atoms with van der Waals surface area (Å²) in [5, 5.41) is 8.99. The number of thiocarbonyl (C=S) groups is 1. The SMILES string of the molecule is O=C(N[C@H](NC(=S)Nc1ccc(C(c2ccccc2)(c2ccccc2)c2ccccc2)cc1)C(Cl)(Cl)Cl)c1cccc(I)c1. The van der Waals surface area contributed by atoms with Gasteiger partial charge in [-0.25, -0.2) is 0 Å². The third kappa shape index (κ3) is 7.38. The maximum atomic E-state index is 12.9. The Kier molecular flexibility index (Phi) is 10.5. The fourth-order valence-corrected chi connectivity index (χ4v) is 6.32. The molecule has 3 N–H and O–H groups in total. The van der Waals surface area contributed by atoms with E-state index in [0.29, 0.717) is 5.56 Å². The van der Waals surface area contributed by atoms with E-state index in [-0.39, 0.29) is 5.11 Å². The lowest BCUT2D eigenvalue weighted by Gasteiger charge is -2.37. The zero-order valence-electron chi connectivity index (χ0n) is 23.2. The van der Waals surface area contributed by atoms with Gasteiger partial charge in [0.25, 0.3) is 5.91 Å². The van der Waals surface area contributed by atoms with E-state index in [0.717, 1.165) is 31.5 Å². The minimum atomic E-state index is -1.88. The van der Waals surface area contributed by atoms with Gasteiger partial charge >= 0.3 is 0 Å². The average Bonchev–Trinajstić information content (AvgIpc) is 3.03. The standard InChI is InChI=1S/C35H27Cl3IN3OS/c36-35(37,38)32(41-31(43)24-11-10-18-29(39)23-24)42-33(44)40-30-21-19-28(20-22-30)34(25-12-4-1-5-13-25,26-14-6-2-7-15-26)27-16-8-3-9-17-27/h1-23,32H,(H,41,43)(H2,40,42,44)/t32-/m1/s1. The molecule has 5 rings (SSSR count). The van der Waals surface area contributed by atoms with Crippen LogP contribution in [0.2, 0.25) is 0 Å². The highest BCUT2D eigenvalue weighted by molar-refractivity contribution is 14.1. The Morgan fingerprint density at radius 3 is 1.57 bits per heavy atom. The first kappa shape index (κ1) is 32.3. The smallest absolute Gasteiger partial charge is 0.253 e. The van der Waals surface area contributed by atoms with Crippen LogP contribution >= 0.6 is 69.6 Å². The number of benzene rings is 5. The molecule has 0 spiro atoms. The maximum Gasteiger partial charge on any atom is 0.253 e. The Labute approximate surface area is 291 Å². The van der Waals surface area contributed by atoms with Crippen molar-refractivity contribution in [1.82, 2.24) is 10.6 Å². The van der Waals surface area contributed by atoms with Crippen molar-refractivity contribution in [3.63, 3.8) is 0 Å². The van der Waals surface area contributed by atoms with Gasteiger partial charge in [0.15, 0.2) is 5.11 Å². The number of amides is 1. The number of hydrogen-bond acceptors (Lipinski definition) is 2. The molecule has 5 aromatic carbocycles. The van der Waals surface area contributed by atoms with Crippen LogP contribution in [0.3, 0.4) is 0 Å². The number of nitrogens with one attached hydrogen (secondary N) is 3. The second kappa shape index (κ2) is 14.3. The fourth-order valence-electron chi connectivity index (χ4n) is 5.21. The van der Waals surface area contributed by atoms with Crippen molar-refractivity contribution in [2.24, 2.45) is 0 Å². The van der Waals surface area contributed by atoms with Gasteiger partial charge in [0.05, 0.1) is 5.41 Å². The molecule has 1 amide bonds. The van der Waals surface area contributed by atoms with Gasteiger partial charge in [0, 0.05) is 14.8 Å². The molecule has 0 radical (unpaired) electrons. The summed E-state index contributed by atoms with van der Waals surface area (Å²) in [7, 11) is 0. The highest BCUT2D eigenvalue weighted by Gasteiger charge is 2.38. The molecule has 0 aliphatic rings. The van der Waals surface area contributed by atoms with Crippen LogP contribution in [0.1, 0.15) is 32.6 Å². The molecule has 44 heavy (non-hydrogen) atoms. The molecule has 1 atom stereocenters. The van der Waals surface area contributed by atoms with E-state index in [2.05, 4.69) is 123 Å². The second-order valence-corrected chi connectivity index (χ2v) is 14.0. The molecular weight excluding hydrogens is 744 g/mol. The number of anilines is 1. The van der Waals surface area contributed by atoms with Crippen molar-refractivity contribution in [2.45, 2.75) is 15.4 Å². The van der Waals surface area contributed by atoms with Gasteiger partial charge in [-0.3, -0.25) is 4.79 Å². The van der Waals surface area contributed by atoms with E-state index in [4.69, 9.17) is 47.0 Å². The summed E-state index contributed by atoms with van der Waals surface area (Å²) >= 11 is 26.3. The summed E-state index contributed by atoms with van der Waals surface area (Å²) in [5.41, 5.74) is 5.10. The van der Waals surface area contributed by atoms with Crippen molar-refractivity contribution in [3.8, 4) is 0 Å². The molecule has 5 aromatic rings. The van der Waals surface area contributed by atoms with Crippen LogP contribution in [-0.4, -0.2) is 21.0 Å².